The van der Waals surface area contributed by atoms with Crippen molar-refractivity contribution in [3.05, 3.63) is 120 Å². The zero-order chi connectivity index (χ0) is 25.6. The summed E-state index contributed by atoms with van der Waals surface area (Å²) in [4.78, 5) is 12.6. The maximum absolute atomic E-state index is 16.2. The fraction of sp³-hybridized carbons (Fsp3) is 0.219. The first kappa shape index (κ1) is 23.9. The summed E-state index contributed by atoms with van der Waals surface area (Å²) in [7, 11) is 0.0617. The highest BCUT2D eigenvalue weighted by Gasteiger charge is 2.67. The molecule has 0 aromatic heterocycles. The van der Waals surface area contributed by atoms with Crippen LogP contribution < -0.4 is 5.30 Å². The lowest BCUT2D eigenvalue weighted by molar-refractivity contribution is -0.140. The third-order valence-corrected chi connectivity index (χ3v) is 12.4. The lowest BCUT2D eigenvalue weighted by Crippen LogP contribution is -2.37. The van der Waals surface area contributed by atoms with Gasteiger partial charge < -0.3 is 9.30 Å². The van der Waals surface area contributed by atoms with Crippen molar-refractivity contribution in [2.24, 2.45) is 5.92 Å². The summed E-state index contributed by atoms with van der Waals surface area (Å²) in [6.45, 7) is 0. The van der Waals surface area contributed by atoms with Crippen molar-refractivity contribution >= 4 is 35.4 Å². The average Bonchev–Trinajstić information content (AvgIpc) is 3.16. The third kappa shape index (κ3) is 3.40. The van der Waals surface area contributed by atoms with Crippen LogP contribution in [0.1, 0.15) is 35.6 Å². The smallest absolute Gasteiger partial charge is 0.305 e. The second-order valence-corrected chi connectivity index (χ2v) is 13.0. The molecule has 0 amide bonds. The number of carbonyl (C=O) groups excluding carboxylic acids is 1. The van der Waals surface area contributed by atoms with E-state index >= 15 is 4.57 Å². The van der Waals surface area contributed by atoms with Gasteiger partial charge >= 0.3 is 5.97 Å². The van der Waals surface area contributed by atoms with Crippen LogP contribution in [0.3, 0.4) is 0 Å². The number of nitrogens with zero attached hydrogens (tertiary/aromatic N) is 1. The van der Waals surface area contributed by atoms with Gasteiger partial charge in [-0.25, -0.2) is 4.67 Å². The van der Waals surface area contributed by atoms with Crippen LogP contribution >= 0.6 is 7.29 Å². The topological polar surface area (TPSA) is 46.6 Å². The monoisotopic (exact) mass is 507 g/mol. The summed E-state index contributed by atoms with van der Waals surface area (Å²) in [6.07, 6.45) is 5.02. The van der Waals surface area contributed by atoms with Crippen LogP contribution in [0.2, 0.25) is 0 Å². The van der Waals surface area contributed by atoms with E-state index in [0.717, 1.165) is 32.8 Å². The van der Waals surface area contributed by atoms with Crippen LogP contribution in [0.25, 0.3) is 16.8 Å². The maximum atomic E-state index is 16.2. The third-order valence-electron chi connectivity index (χ3n) is 8.36. The number of fused-ring (bicyclic) bond motifs is 4. The number of esters is 1. The highest BCUT2D eigenvalue weighted by atomic mass is 31.2. The fourth-order valence-corrected chi connectivity index (χ4v) is 11.1. The van der Waals surface area contributed by atoms with Crippen molar-refractivity contribution in [2.45, 2.75) is 24.0 Å². The normalized spacial score (nSPS) is 26.5. The van der Waals surface area contributed by atoms with Crippen molar-refractivity contribution in [3.8, 4) is 0 Å². The Morgan fingerprint density at radius 1 is 0.919 bits per heavy atom. The molecule has 4 atom stereocenters. The average molecular weight is 508 g/mol. The number of carbonyl (C=O) groups is 1. The largest absolute Gasteiger partial charge is 0.469 e. The van der Waals surface area contributed by atoms with Gasteiger partial charge in [0.1, 0.15) is 0 Å². The number of hydrogen-bond acceptors (Lipinski definition) is 3. The molecule has 1 fully saturated rings. The van der Waals surface area contributed by atoms with Gasteiger partial charge in [-0.15, -0.1) is 0 Å². The van der Waals surface area contributed by atoms with Gasteiger partial charge in [-0.2, -0.15) is 0 Å². The van der Waals surface area contributed by atoms with Crippen molar-refractivity contribution in [1.82, 2.24) is 4.67 Å². The lowest BCUT2D eigenvalue weighted by atomic mass is 9.71. The van der Waals surface area contributed by atoms with Crippen molar-refractivity contribution in [3.63, 3.8) is 0 Å². The van der Waals surface area contributed by atoms with Gasteiger partial charge in [0.2, 0.25) is 0 Å². The summed E-state index contributed by atoms with van der Waals surface area (Å²) in [5, 5.41) is 2.11. The molecule has 1 aliphatic carbocycles. The minimum Gasteiger partial charge on any atom is -0.469 e. The van der Waals surface area contributed by atoms with Crippen LogP contribution in [0.4, 0.5) is 0 Å². The SMILES string of the molecule is COC(=O)CC[C@]12c3ccccc3C=C[C@@H]1[C@H](c1ccccc1)N(C)[P@@]2(=O)c1cccc2ccccc12. The molecule has 1 aliphatic heterocycles. The number of methoxy groups -OCH3 is 1. The Morgan fingerprint density at radius 2 is 1.62 bits per heavy atom. The van der Waals surface area contributed by atoms with Crippen LogP contribution in [-0.2, 0) is 19.3 Å². The Balaban J connectivity index is 1.71. The molecule has 0 bridgehead atoms. The van der Waals surface area contributed by atoms with E-state index in [9.17, 15) is 4.79 Å². The summed E-state index contributed by atoms with van der Waals surface area (Å²) in [5.41, 5.74) is 3.23. The van der Waals surface area contributed by atoms with Gasteiger partial charge in [-0.3, -0.25) is 4.79 Å². The molecule has 0 saturated carbocycles. The van der Waals surface area contributed by atoms with E-state index in [2.05, 4.69) is 59.3 Å². The molecule has 1 heterocycles. The molecule has 0 N–H and O–H groups in total. The molecule has 0 spiro atoms. The van der Waals surface area contributed by atoms with Crippen LogP contribution in [0.15, 0.2) is 103 Å². The molecule has 2 aliphatic rings. The van der Waals surface area contributed by atoms with Crippen molar-refractivity contribution < 1.29 is 14.1 Å². The number of rotatable bonds is 5. The molecule has 4 aromatic rings. The van der Waals surface area contributed by atoms with E-state index in [1.807, 2.05) is 61.6 Å². The minimum atomic E-state index is -3.37. The van der Waals surface area contributed by atoms with E-state index < -0.39 is 12.4 Å². The van der Waals surface area contributed by atoms with Crippen LogP contribution in [-0.4, -0.2) is 24.8 Å². The summed E-state index contributed by atoms with van der Waals surface area (Å²) in [5.74, 6) is -0.375. The van der Waals surface area contributed by atoms with Gasteiger partial charge in [0.15, 0.2) is 7.29 Å². The Labute approximate surface area is 218 Å². The summed E-state index contributed by atoms with van der Waals surface area (Å²) in [6, 6.07) is 32.8. The first-order valence-corrected chi connectivity index (χ1v) is 14.4. The van der Waals surface area contributed by atoms with Crippen LogP contribution in [0.5, 0.6) is 0 Å². The zero-order valence-corrected chi connectivity index (χ0v) is 22.0. The molecule has 0 unspecified atom stereocenters. The molecule has 0 radical (unpaired) electrons. The predicted molar refractivity (Wildman–Crippen MR) is 150 cm³/mol. The molecule has 186 valence electrons. The first-order valence-electron chi connectivity index (χ1n) is 12.7. The minimum absolute atomic E-state index is 0.0933. The first-order chi connectivity index (χ1) is 18.0. The van der Waals surface area contributed by atoms with Crippen molar-refractivity contribution in [1.29, 1.82) is 0 Å². The molecular formula is C32H30NO3P. The maximum Gasteiger partial charge on any atom is 0.305 e. The second-order valence-electron chi connectivity index (χ2n) is 9.98. The van der Waals surface area contributed by atoms with Gasteiger partial charge in [0, 0.05) is 23.7 Å². The standard InChI is InChI=1S/C32H30NO3P/c1-33-31(25-13-4-3-5-14-25)28-20-19-24-12-7-9-17-27(24)32(28,22-21-30(34)36-2)37(33,35)29-18-10-15-23-11-6-8-16-26(23)29/h3-20,28,31H,21-22H2,1-2H3/t28-,31+,32+,37-/m1/s1. The van der Waals surface area contributed by atoms with Crippen molar-refractivity contribution in [2.75, 3.05) is 14.2 Å². The Kier molecular flexibility index (Phi) is 5.90. The summed E-state index contributed by atoms with van der Waals surface area (Å²) >= 11 is 0. The number of benzene rings is 4. The zero-order valence-electron chi connectivity index (χ0n) is 21.1. The van der Waals surface area contributed by atoms with Gasteiger partial charge in [-0.1, -0.05) is 103 Å². The molecule has 4 nitrogen and oxygen atoms in total. The second kappa shape index (κ2) is 9.13. The number of hydrogen-bond donors (Lipinski definition) is 0. The molecule has 4 aromatic carbocycles. The van der Waals surface area contributed by atoms with E-state index in [0.29, 0.717) is 6.42 Å². The molecule has 6 rings (SSSR count). The highest BCUT2D eigenvalue weighted by Crippen LogP contribution is 2.80. The molecule has 1 saturated heterocycles. The molecule has 5 heteroatoms. The Bertz CT molecular complexity index is 1560. The van der Waals surface area contributed by atoms with E-state index in [-0.39, 0.29) is 24.3 Å². The van der Waals surface area contributed by atoms with E-state index in [1.165, 1.54) is 7.11 Å². The Morgan fingerprint density at radius 3 is 2.43 bits per heavy atom. The highest BCUT2D eigenvalue weighted by molar-refractivity contribution is 7.71. The molecular weight excluding hydrogens is 477 g/mol. The van der Waals surface area contributed by atoms with Crippen LogP contribution in [0, 0.1) is 5.92 Å². The Hall–Kier alpha value is -3.46. The van der Waals surface area contributed by atoms with Gasteiger partial charge in [-0.05, 0) is 47.0 Å². The van der Waals surface area contributed by atoms with E-state index in [1.54, 1.807) is 0 Å². The lowest BCUT2D eigenvalue weighted by Gasteiger charge is -2.43. The number of ether oxygens (including phenoxy) is 1. The quantitative estimate of drug-likeness (QED) is 0.217. The predicted octanol–water partition coefficient (Wildman–Crippen LogP) is 6.92. The van der Waals surface area contributed by atoms with Gasteiger partial charge in [0.05, 0.1) is 12.3 Å². The van der Waals surface area contributed by atoms with E-state index in [4.69, 9.17) is 4.74 Å². The van der Waals surface area contributed by atoms with Gasteiger partial charge in [0.25, 0.3) is 0 Å². The summed E-state index contributed by atoms with van der Waals surface area (Å²) < 4.78 is 23.5. The molecule has 37 heavy (non-hydrogen) atoms. The fourth-order valence-electron chi connectivity index (χ4n) is 6.78.